The number of aromatic nitrogens is 1. The van der Waals surface area contributed by atoms with E-state index in [1.165, 1.54) is 0 Å². The molecule has 5 heteroatoms. The number of pyridine rings is 1. The fraction of sp³-hybridized carbons (Fsp3) is 0.615. The van der Waals surface area contributed by atoms with Crippen molar-refractivity contribution in [2.75, 3.05) is 20.3 Å². The molecule has 0 bridgehead atoms. The second-order valence-corrected chi connectivity index (χ2v) is 4.97. The zero-order chi connectivity index (χ0) is 13.0. The first-order valence-electron chi connectivity index (χ1n) is 6.16. The Bertz CT molecular complexity index is 386. The van der Waals surface area contributed by atoms with Gasteiger partial charge in [-0.15, -0.1) is 0 Å². The van der Waals surface area contributed by atoms with Gasteiger partial charge >= 0.3 is 0 Å². The zero-order valence-corrected chi connectivity index (χ0v) is 10.6. The molecule has 1 aromatic rings. The number of methoxy groups -OCH3 is 1. The van der Waals surface area contributed by atoms with E-state index in [1.807, 2.05) is 12.1 Å². The molecule has 3 N–H and O–H groups in total. The number of hydrogen-bond acceptors (Lipinski definition) is 5. The highest BCUT2D eigenvalue weighted by atomic mass is 16.5. The summed E-state index contributed by atoms with van der Waals surface area (Å²) in [6.45, 7) is 0.796. The summed E-state index contributed by atoms with van der Waals surface area (Å²) in [5.74, 6) is 0.639. The van der Waals surface area contributed by atoms with E-state index in [9.17, 15) is 10.2 Å². The number of rotatable bonds is 6. The lowest BCUT2D eigenvalue weighted by molar-refractivity contribution is -0.0321. The van der Waals surface area contributed by atoms with Crippen LogP contribution in [0, 0.1) is 5.41 Å². The van der Waals surface area contributed by atoms with Crippen molar-refractivity contribution in [1.82, 2.24) is 10.3 Å². The van der Waals surface area contributed by atoms with Gasteiger partial charge in [0.2, 0.25) is 5.88 Å². The van der Waals surface area contributed by atoms with Gasteiger partial charge in [0.05, 0.1) is 20.3 Å². The summed E-state index contributed by atoms with van der Waals surface area (Å²) in [4.78, 5) is 4.14. The minimum absolute atomic E-state index is 0.0535. The summed E-state index contributed by atoms with van der Waals surface area (Å²) >= 11 is 0. The van der Waals surface area contributed by atoms with Crippen LogP contribution in [0.25, 0.3) is 0 Å². The van der Waals surface area contributed by atoms with E-state index in [1.54, 1.807) is 13.3 Å². The van der Waals surface area contributed by atoms with E-state index in [4.69, 9.17) is 4.74 Å². The van der Waals surface area contributed by atoms with Crippen LogP contribution >= 0.6 is 0 Å². The normalized spacial score (nSPS) is 18.4. The van der Waals surface area contributed by atoms with Gasteiger partial charge in [-0.25, -0.2) is 4.98 Å². The highest BCUT2D eigenvalue weighted by Crippen LogP contribution is 2.40. The molecule has 1 aliphatic rings. The third-order valence-electron chi connectivity index (χ3n) is 3.65. The number of ether oxygens (including phenoxy) is 1. The van der Waals surface area contributed by atoms with E-state index in [0.29, 0.717) is 18.5 Å². The largest absolute Gasteiger partial charge is 0.481 e. The fourth-order valence-corrected chi connectivity index (χ4v) is 2.43. The molecule has 1 fully saturated rings. The summed E-state index contributed by atoms with van der Waals surface area (Å²) in [5.41, 5.74) is 0.738. The maximum absolute atomic E-state index is 9.20. The Balaban J connectivity index is 1.83. The van der Waals surface area contributed by atoms with Crippen molar-refractivity contribution in [1.29, 1.82) is 0 Å². The quantitative estimate of drug-likeness (QED) is 0.679. The molecule has 0 amide bonds. The van der Waals surface area contributed by atoms with Crippen LogP contribution in [0.15, 0.2) is 18.3 Å². The monoisotopic (exact) mass is 252 g/mol. The van der Waals surface area contributed by atoms with Gasteiger partial charge in [0.15, 0.2) is 0 Å². The SMILES string of the molecule is COc1ncccc1CNC1CC(CO)(CO)C1. The van der Waals surface area contributed by atoms with Crippen molar-refractivity contribution in [2.45, 2.75) is 25.4 Å². The number of nitrogens with zero attached hydrogens (tertiary/aromatic N) is 1. The van der Waals surface area contributed by atoms with Crippen LogP contribution in [0.5, 0.6) is 5.88 Å². The van der Waals surface area contributed by atoms with Gasteiger partial charge in [0.25, 0.3) is 0 Å². The average Bonchev–Trinajstić information content (AvgIpc) is 2.38. The summed E-state index contributed by atoms with van der Waals surface area (Å²) in [6.07, 6.45) is 3.32. The maximum Gasteiger partial charge on any atom is 0.217 e. The molecule has 1 saturated carbocycles. The van der Waals surface area contributed by atoms with E-state index < -0.39 is 0 Å². The Hall–Kier alpha value is -1.17. The maximum atomic E-state index is 9.20. The van der Waals surface area contributed by atoms with Gasteiger partial charge < -0.3 is 20.3 Å². The second kappa shape index (κ2) is 5.65. The van der Waals surface area contributed by atoms with Crippen molar-refractivity contribution in [3.05, 3.63) is 23.9 Å². The van der Waals surface area contributed by atoms with Gasteiger partial charge in [-0.05, 0) is 18.9 Å². The standard InChI is InChI=1S/C13H20N2O3/c1-18-12-10(3-2-4-14-12)7-15-11-5-13(6-11,8-16)9-17/h2-4,11,15-17H,5-9H2,1H3. The molecule has 0 aliphatic heterocycles. The summed E-state index contributed by atoms with van der Waals surface area (Å²) in [7, 11) is 1.61. The first-order valence-corrected chi connectivity index (χ1v) is 6.16. The Labute approximate surface area is 107 Å². The summed E-state index contributed by atoms with van der Waals surface area (Å²) < 4.78 is 5.18. The number of aliphatic hydroxyl groups excluding tert-OH is 2. The Morgan fingerprint density at radius 3 is 2.78 bits per heavy atom. The first-order chi connectivity index (χ1) is 8.73. The topological polar surface area (TPSA) is 74.6 Å². The minimum atomic E-state index is -0.281. The zero-order valence-electron chi connectivity index (χ0n) is 10.6. The molecule has 0 saturated heterocycles. The molecule has 18 heavy (non-hydrogen) atoms. The van der Waals surface area contributed by atoms with Crippen LogP contribution in [-0.2, 0) is 6.54 Å². The van der Waals surface area contributed by atoms with Gasteiger partial charge in [0, 0.05) is 29.8 Å². The molecule has 100 valence electrons. The van der Waals surface area contributed by atoms with E-state index in [-0.39, 0.29) is 18.6 Å². The molecule has 0 radical (unpaired) electrons. The minimum Gasteiger partial charge on any atom is -0.481 e. The number of aliphatic hydroxyl groups is 2. The molecule has 1 aliphatic carbocycles. The lowest BCUT2D eigenvalue weighted by Crippen LogP contribution is -2.52. The third-order valence-corrected chi connectivity index (χ3v) is 3.65. The van der Waals surface area contributed by atoms with Crippen LogP contribution in [0.4, 0.5) is 0 Å². The average molecular weight is 252 g/mol. The van der Waals surface area contributed by atoms with Crippen LogP contribution in [-0.4, -0.2) is 41.6 Å². The fourth-order valence-electron chi connectivity index (χ4n) is 2.43. The van der Waals surface area contributed by atoms with Crippen LogP contribution in [0.3, 0.4) is 0 Å². The molecule has 0 unspecified atom stereocenters. The molecule has 2 rings (SSSR count). The van der Waals surface area contributed by atoms with E-state index in [2.05, 4.69) is 10.3 Å². The smallest absolute Gasteiger partial charge is 0.217 e. The highest BCUT2D eigenvalue weighted by Gasteiger charge is 2.43. The Morgan fingerprint density at radius 1 is 1.44 bits per heavy atom. The summed E-state index contributed by atoms with van der Waals surface area (Å²) in [6, 6.07) is 4.20. The predicted octanol–water partition coefficient (Wildman–Crippen LogP) is 0.313. The van der Waals surface area contributed by atoms with Gasteiger partial charge in [0.1, 0.15) is 0 Å². The van der Waals surface area contributed by atoms with Crippen LogP contribution in [0.1, 0.15) is 18.4 Å². The first kappa shape index (κ1) is 13.3. The molecule has 1 aromatic heterocycles. The molecule has 1 heterocycles. The Kier molecular flexibility index (Phi) is 4.16. The molecule has 0 atom stereocenters. The van der Waals surface area contributed by atoms with Crippen molar-refractivity contribution < 1.29 is 14.9 Å². The number of nitrogens with one attached hydrogen (secondary N) is 1. The molecule has 0 spiro atoms. The molecular weight excluding hydrogens is 232 g/mol. The van der Waals surface area contributed by atoms with Crippen LogP contribution in [0.2, 0.25) is 0 Å². The van der Waals surface area contributed by atoms with E-state index in [0.717, 1.165) is 18.4 Å². The van der Waals surface area contributed by atoms with Gasteiger partial charge in [-0.3, -0.25) is 0 Å². The van der Waals surface area contributed by atoms with Crippen molar-refractivity contribution in [3.8, 4) is 5.88 Å². The van der Waals surface area contributed by atoms with Crippen molar-refractivity contribution >= 4 is 0 Å². The molecular formula is C13H20N2O3. The van der Waals surface area contributed by atoms with Crippen molar-refractivity contribution in [3.63, 3.8) is 0 Å². The van der Waals surface area contributed by atoms with Crippen LogP contribution < -0.4 is 10.1 Å². The third kappa shape index (κ3) is 2.63. The second-order valence-electron chi connectivity index (χ2n) is 4.97. The van der Waals surface area contributed by atoms with Gasteiger partial charge in [-0.1, -0.05) is 6.07 Å². The summed E-state index contributed by atoms with van der Waals surface area (Å²) in [5, 5.41) is 21.8. The lowest BCUT2D eigenvalue weighted by Gasteiger charge is -2.45. The predicted molar refractivity (Wildman–Crippen MR) is 67.3 cm³/mol. The number of hydrogen-bond donors (Lipinski definition) is 3. The highest BCUT2D eigenvalue weighted by molar-refractivity contribution is 5.25. The van der Waals surface area contributed by atoms with Gasteiger partial charge in [-0.2, -0.15) is 0 Å². The Morgan fingerprint density at radius 2 is 2.17 bits per heavy atom. The molecule has 0 aromatic carbocycles. The lowest BCUT2D eigenvalue weighted by atomic mass is 9.66. The van der Waals surface area contributed by atoms with E-state index >= 15 is 0 Å². The van der Waals surface area contributed by atoms with Crippen molar-refractivity contribution in [2.24, 2.45) is 5.41 Å². The molecule has 5 nitrogen and oxygen atoms in total.